The number of methoxy groups -OCH3 is 1. The molecule has 0 radical (unpaired) electrons. The van der Waals surface area contributed by atoms with E-state index in [1.54, 1.807) is 0 Å². The van der Waals surface area contributed by atoms with Crippen LogP contribution in [0.25, 0.3) is 4.96 Å². The minimum absolute atomic E-state index is 0.0580. The number of aromatic nitrogens is 3. The largest absolute Gasteiger partial charge is 0.492 e. The number of likely N-dealkylation sites (tertiary alicyclic amines) is 1. The van der Waals surface area contributed by atoms with E-state index in [-0.39, 0.29) is 23.8 Å². The lowest BCUT2D eigenvalue weighted by Gasteiger charge is -2.37. The molecule has 0 unspecified atom stereocenters. The van der Waals surface area contributed by atoms with Crippen molar-refractivity contribution < 1.29 is 14.6 Å². The maximum atomic E-state index is 11.9. The van der Waals surface area contributed by atoms with Crippen molar-refractivity contribution in [2.45, 2.75) is 32.7 Å². The Labute approximate surface area is 167 Å². The van der Waals surface area contributed by atoms with E-state index in [1.165, 1.54) is 23.0 Å². The van der Waals surface area contributed by atoms with Crippen LogP contribution in [0.15, 0.2) is 24.3 Å². The Hall–Kier alpha value is -2.45. The van der Waals surface area contributed by atoms with E-state index in [0.29, 0.717) is 10.8 Å². The number of carbonyl (C=O) groups excluding carboxylic acids is 1. The zero-order valence-electron chi connectivity index (χ0n) is 16.3. The second-order valence-electron chi connectivity index (χ2n) is 7.24. The highest BCUT2D eigenvalue weighted by Gasteiger charge is 2.34. The first-order chi connectivity index (χ1) is 13.5. The van der Waals surface area contributed by atoms with Crippen LogP contribution in [0.1, 0.15) is 40.7 Å². The van der Waals surface area contributed by atoms with Crippen molar-refractivity contribution in [1.82, 2.24) is 19.5 Å². The van der Waals surface area contributed by atoms with Gasteiger partial charge in [-0.05, 0) is 50.9 Å². The molecular weight excluding hydrogens is 376 g/mol. The first-order valence-electron chi connectivity index (χ1n) is 9.42. The maximum absolute atomic E-state index is 11.9. The highest BCUT2D eigenvalue weighted by atomic mass is 32.1. The van der Waals surface area contributed by atoms with Gasteiger partial charge in [0.15, 0.2) is 0 Å². The summed E-state index contributed by atoms with van der Waals surface area (Å²) in [5, 5.41) is 15.2. The smallest absolute Gasteiger partial charge is 0.308 e. The summed E-state index contributed by atoms with van der Waals surface area (Å²) >= 11 is 1.47. The number of thiazole rings is 1. The molecule has 4 rings (SSSR count). The van der Waals surface area contributed by atoms with Crippen LogP contribution in [-0.2, 0) is 9.53 Å². The van der Waals surface area contributed by atoms with Crippen LogP contribution in [0.5, 0.6) is 5.88 Å². The number of aromatic hydroxyl groups is 1. The van der Waals surface area contributed by atoms with E-state index in [2.05, 4.69) is 34.0 Å². The van der Waals surface area contributed by atoms with Crippen molar-refractivity contribution in [3.63, 3.8) is 0 Å². The zero-order chi connectivity index (χ0) is 19.8. The van der Waals surface area contributed by atoms with Gasteiger partial charge in [0.1, 0.15) is 5.82 Å². The summed E-state index contributed by atoms with van der Waals surface area (Å²) in [6.07, 6.45) is 1.49. The molecule has 1 fully saturated rings. The van der Waals surface area contributed by atoms with Crippen LogP contribution < -0.4 is 0 Å². The summed E-state index contributed by atoms with van der Waals surface area (Å²) < 4.78 is 6.43. The molecule has 28 heavy (non-hydrogen) atoms. The first-order valence-corrected chi connectivity index (χ1v) is 10.2. The monoisotopic (exact) mass is 400 g/mol. The van der Waals surface area contributed by atoms with Crippen LogP contribution in [0.3, 0.4) is 0 Å². The van der Waals surface area contributed by atoms with Gasteiger partial charge in [0.05, 0.1) is 23.9 Å². The first kappa shape index (κ1) is 18.9. The number of hydrogen-bond donors (Lipinski definition) is 1. The van der Waals surface area contributed by atoms with Crippen LogP contribution in [-0.4, -0.2) is 50.8 Å². The number of carbonyl (C=O) groups is 1. The molecule has 1 atom stereocenters. The molecule has 3 aromatic rings. The second kappa shape index (κ2) is 7.52. The molecule has 1 saturated heterocycles. The quantitative estimate of drug-likeness (QED) is 0.678. The topological polar surface area (TPSA) is 80.0 Å². The molecule has 3 heterocycles. The van der Waals surface area contributed by atoms with Crippen molar-refractivity contribution in [2.75, 3.05) is 20.2 Å². The average Bonchev–Trinajstić information content (AvgIpc) is 3.21. The molecule has 1 aromatic carbocycles. The van der Waals surface area contributed by atoms with Gasteiger partial charge in [0.2, 0.25) is 10.8 Å². The number of piperidine rings is 1. The molecule has 8 heteroatoms. The molecule has 0 amide bonds. The molecular formula is C20H24N4O3S. The Morgan fingerprint density at radius 1 is 1.29 bits per heavy atom. The Kier molecular flexibility index (Phi) is 5.07. The van der Waals surface area contributed by atoms with Gasteiger partial charge in [0.25, 0.3) is 0 Å². The molecule has 0 bridgehead atoms. The normalized spacial score (nSPS) is 17.1. The van der Waals surface area contributed by atoms with Gasteiger partial charge in [0, 0.05) is 0 Å². The van der Waals surface area contributed by atoms with Crippen LogP contribution in [0.2, 0.25) is 0 Å². The number of nitrogens with zero attached hydrogens (tertiary/aromatic N) is 4. The lowest BCUT2D eigenvalue weighted by atomic mass is 9.92. The van der Waals surface area contributed by atoms with Crippen LogP contribution >= 0.6 is 11.3 Å². The minimum Gasteiger partial charge on any atom is -0.492 e. The fourth-order valence-corrected chi connectivity index (χ4v) is 5.14. The fraction of sp³-hybridized carbons (Fsp3) is 0.450. The van der Waals surface area contributed by atoms with Gasteiger partial charge in [-0.15, -0.1) is 5.10 Å². The van der Waals surface area contributed by atoms with E-state index in [9.17, 15) is 9.90 Å². The minimum atomic E-state index is -0.135. The van der Waals surface area contributed by atoms with E-state index in [1.807, 2.05) is 19.1 Å². The van der Waals surface area contributed by atoms with Gasteiger partial charge < -0.3 is 9.84 Å². The van der Waals surface area contributed by atoms with Gasteiger partial charge in [-0.2, -0.15) is 4.52 Å². The SMILES string of the molecule is COC(=O)C1CCN([C@@H](c2ccccc2C)c2sc3nc(C)nn3c2O)CC1. The predicted octanol–water partition coefficient (Wildman–Crippen LogP) is 3.09. The summed E-state index contributed by atoms with van der Waals surface area (Å²) in [7, 11) is 1.44. The van der Waals surface area contributed by atoms with E-state index in [4.69, 9.17) is 4.74 Å². The summed E-state index contributed by atoms with van der Waals surface area (Å²) in [5.41, 5.74) is 2.31. The predicted molar refractivity (Wildman–Crippen MR) is 107 cm³/mol. The molecule has 2 aromatic heterocycles. The van der Waals surface area contributed by atoms with E-state index in [0.717, 1.165) is 41.9 Å². The Bertz CT molecular complexity index is 1000. The Morgan fingerprint density at radius 2 is 2.00 bits per heavy atom. The number of rotatable bonds is 4. The summed E-state index contributed by atoms with van der Waals surface area (Å²) in [4.78, 5) is 20.2. The Morgan fingerprint density at radius 3 is 2.64 bits per heavy atom. The molecule has 1 N–H and O–H groups in total. The van der Waals surface area contributed by atoms with Gasteiger partial charge >= 0.3 is 5.97 Å². The van der Waals surface area contributed by atoms with Crippen molar-refractivity contribution in [2.24, 2.45) is 5.92 Å². The standard InChI is InChI=1S/C20H24N4O3S/c1-12-6-4-5-7-15(12)16(23-10-8-14(9-11-23)19(26)27-3)17-18(25)24-20(28-17)21-13(2)22-24/h4-7,14,16,25H,8-11H2,1-3H3/t16-/m0/s1. The Balaban J connectivity index is 1.73. The van der Waals surface area contributed by atoms with Crippen molar-refractivity contribution in [3.05, 3.63) is 46.1 Å². The summed E-state index contributed by atoms with van der Waals surface area (Å²) in [6, 6.07) is 8.13. The number of hydrogen-bond acceptors (Lipinski definition) is 7. The molecule has 148 valence electrons. The lowest BCUT2D eigenvalue weighted by Crippen LogP contribution is -2.39. The van der Waals surface area contributed by atoms with Crippen molar-refractivity contribution in [1.29, 1.82) is 0 Å². The molecule has 1 aliphatic rings. The summed E-state index contributed by atoms with van der Waals surface area (Å²) in [6.45, 7) is 5.41. The highest BCUT2D eigenvalue weighted by molar-refractivity contribution is 7.17. The van der Waals surface area contributed by atoms with Crippen LogP contribution in [0.4, 0.5) is 0 Å². The van der Waals surface area contributed by atoms with Crippen molar-refractivity contribution >= 4 is 22.3 Å². The van der Waals surface area contributed by atoms with Gasteiger partial charge in [-0.25, -0.2) is 4.98 Å². The number of esters is 1. The number of ether oxygens (including phenoxy) is 1. The maximum Gasteiger partial charge on any atom is 0.308 e. The van der Waals surface area contributed by atoms with Gasteiger partial charge in [-0.1, -0.05) is 35.6 Å². The molecule has 1 aliphatic heterocycles. The zero-order valence-corrected chi connectivity index (χ0v) is 17.1. The third-order valence-electron chi connectivity index (χ3n) is 5.47. The van der Waals surface area contributed by atoms with Gasteiger partial charge in [-0.3, -0.25) is 9.69 Å². The fourth-order valence-electron chi connectivity index (χ4n) is 3.98. The van der Waals surface area contributed by atoms with E-state index < -0.39 is 0 Å². The summed E-state index contributed by atoms with van der Waals surface area (Å²) in [5.74, 6) is 0.588. The average molecular weight is 401 g/mol. The van der Waals surface area contributed by atoms with E-state index >= 15 is 0 Å². The molecule has 0 aliphatic carbocycles. The molecule has 0 spiro atoms. The van der Waals surface area contributed by atoms with Crippen LogP contribution in [0, 0.1) is 19.8 Å². The number of benzene rings is 1. The second-order valence-corrected chi connectivity index (χ2v) is 8.24. The molecule has 0 saturated carbocycles. The third-order valence-corrected chi connectivity index (χ3v) is 6.54. The third kappa shape index (κ3) is 3.27. The number of aryl methyl sites for hydroxylation is 2. The highest BCUT2D eigenvalue weighted by Crippen LogP contribution is 2.42. The lowest BCUT2D eigenvalue weighted by molar-refractivity contribution is -0.147. The number of fused-ring (bicyclic) bond motifs is 1. The van der Waals surface area contributed by atoms with Crippen molar-refractivity contribution in [3.8, 4) is 5.88 Å². The molecule has 7 nitrogen and oxygen atoms in total.